The predicted molar refractivity (Wildman–Crippen MR) is 40.9 cm³/mol. The number of likely N-dealkylation sites (N-methyl/N-ethyl adjacent to an activating group) is 1. The van der Waals surface area contributed by atoms with E-state index in [1.165, 1.54) is 32.7 Å². The molecule has 2 aliphatic rings. The van der Waals surface area contributed by atoms with Crippen LogP contribution >= 0.6 is 0 Å². The Kier molecular flexibility index (Phi) is 1.64. The van der Waals surface area contributed by atoms with Gasteiger partial charge in [-0.25, -0.2) is 0 Å². The second-order valence-corrected chi connectivity index (χ2v) is 3.27. The summed E-state index contributed by atoms with van der Waals surface area (Å²) in [6.45, 7) is 6.10. The Hall–Kier alpha value is -0.120. The highest BCUT2D eigenvalue weighted by Gasteiger charge is 2.28. The van der Waals surface area contributed by atoms with E-state index < -0.39 is 0 Å². The van der Waals surface area contributed by atoms with Crippen LogP contribution < -0.4 is 5.32 Å². The van der Waals surface area contributed by atoms with Crippen LogP contribution in [0.3, 0.4) is 0 Å². The van der Waals surface area contributed by atoms with Crippen LogP contribution in [0.1, 0.15) is 0 Å². The molecule has 0 aliphatic carbocycles. The van der Waals surface area contributed by atoms with E-state index in [0.717, 1.165) is 0 Å². The van der Waals surface area contributed by atoms with Gasteiger partial charge in [-0.1, -0.05) is 0 Å². The summed E-state index contributed by atoms with van der Waals surface area (Å²) in [5.41, 5.74) is 0. The molecule has 2 rings (SSSR count). The molecule has 2 fully saturated rings. The molecule has 0 amide bonds. The number of fused-ring (bicyclic) bond motifs is 1. The van der Waals surface area contributed by atoms with Gasteiger partial charge in [-0.15, -0.1) is 0 Å². The Morgan fingerprint density at radius 3 is 3.10 bits per heavy atom. The Morgan fingerprint density at radius 2 is 2.20 bits per heavy atom. The average molecular weight is 141 g/mol. The molecule has 0 aromatic rings. The second kappa shape index (κ2) is 2.49. The molecule has 10 heavy (non-hydrogen) atoms. The van der Waals surface area contributed by atoms with Crippen LogP contribution in [0.15, 0.2) is 0 Å². The van der Waals surface area contributed by atoms with E-state index in [1.54, 1.807) is 0 Å². The molecule has 0 aromatic heterocycles. The molecule has 0 bridgehead atoms. The van der Waals surface area contributed by atoms with Gasteiger partial charge in [-0.3, -0.25) is 10.2 Å². The first-order valence-corrected chi connectivity index (χ1v) is 4.02. The Labute approximate surface area is 62.0 Å². The maximum absolute atomic E-state index is 3.47. The van der Waals surface area contributed by atoms with Gasteiger partial charge < -0.3 is 4.90 Å². The molecule has 0 aromatic carbocycles. The van der Waals surface area contributed by atoms with Crippen LogP contribution in [0.4, 0.5) is 0 Å². The first-order valence-electron chi connectivity index (χ1n) is 4.02. The van der Waals surface area contributed by atoms with E-state index in [1.807, 2.05) is 0 Å². The fourth-order valence-corrected chi connectivity index (χ4v) is 1.79. The topological polar surface area (TPSA) is 18.5 Å². The number of rotatable bonds is 0. The van der Waals surface area contributed by atoms with Crippen molar-refractivity contribution >= 4 is 0 Å². The van der Waals surface area contributed by atoms with Gasteiger partial charge in [0, 0.05) is 32.7 Å². The molecule has 2 heterocycles. The Morgan fingerprint density at radius 1 is 1.30 bits per heavy atom. The lowest BCUT2D eigenvalue weighted by molar-refractivity contribution is 0.115. The minimum atomic E-state index is 0.652. The zero-order valence-corrected chi connectivity index (χ0v) is 6.51. The lowest BCUT2D eigenvalue weighted by Gasteiger charge is -2.34. The highest BCUT2D eigenvalue weighted by Crippen LogP contribution is 2.08. The maximum Gasteiger partial charge on any atom is 0.0729 e. The minimum absolute atomic E-state index is 0.652. The number of nitrogens with zero attached hydrogens (tertiary/aromatic N) is 2. The van der Waals surface area contributed by atoms with Gasteiger partial charge in [-0.2, -0.15) is 0 Å². The van der Waals surface area contributed by atoms with Crippen molar-refractivity contribution in [2.45, 2.75) is 6.17 Å². The van der Waals surface area contributed by atoms with E-state index in [4.69, 9.17) is 0 Å². The number of hydrogen-bond donors (Lipinski definition) is 1. The molecule has 2 saturated heterocycles. The number of hydrogen-bond acceptors (Lipinski definition) is 3. The van der Waals surface area contributed by atoms with Gasteiger partial charge in [0.25, 0.3) is 0 Å². The van der Waals surface area contributed by atoms with Crippen molar-refractivity contribution in [2.24, 2.45) is 0 Å². The molecule has 0 spiro atoms. The Bertz CT molecular complexity index is 126. The predicted octanol–water partition coefficient (Wildman–Crippen LogP) is -0.837. The standard InChI is InChI=1S/C7H15N3/c1-9-4-5-10-3-2-8-7(10)6-9/h7-8H,2-6H2,1H3. The van der Waals surface area contributed by atoms with Crippen molar-refractivity contribution in [1.82, 2.24) is 15.1 Å². The molecule has 0 radical (unpaired) electrons. The van der Waals surface area contributed by atoms with Crippen molar-refractivity contribution in [2.75, 3.05) is 39.8 Å². The van der Waals surface area contributed by atoms with E-state index in [0.29, 0.717) is 6.17 Å². The SMILES string of the molecule is CN1CCN2CCNC2C1. The van der Waals surface area contributed by atoms with Crippen LogP contribution in [0.5, 0.6) is 0 Å². The van der Waals surface area contributed by atoms with Crippen LogP contribution in [0.2, 0.25) is 0 Å². The third-order valence-corrected chi connectivity index (χ3v) is 2.47. The minimum Gasteiger partial charge on any atom is -0.302 e. The van der Waals surface area contributed by atoms with E-state index in [-0.39, 0.29) is 0 Å². The van der Waals surface area contributed by atoms with Gasteiger partial charge in [0.15, 0.2) is 0 Å². The first-order chi connectivity index (χ1) is 4.86. The van der Waals surface area contributed by atoms with Gasteiger partial charge in [0.05, 0.1) is 6.17 Å². The number of nitrogens with one attached hydrogen (secondary N) is 1. The monoisotopic (exact) mass is 141 g/mol. The molecule has 1 N–H and O–H groups in total. The summed E-state index contributed by atoms with van der Waals surface area (Å²) in [5.74, 6) is 0. The number of piperazine rings is 1. The lowest BCUT2D eigenvalue weighted by Crippen LogP contribution is -2.52. The summed E-state index contributed by atoms with van der Waals surface area (Å²) in [6, 6.07) is 0. The first kappa shape index (κ1) is 6.58. The summed E-state index contributed by atoms with van der Waals surface area (Å²) >= 11 is 0. The quantitative estimate of drug-likeness (QED) is 0.475. The summed E-state index contributed by atoms with van der Waals surface area (Å²) < 4.78 is 0. The fraction of sp³-hybridized carbons (Fsp3) is 1.00. The summed E-state index contributed by atoms with van der Waals surface area (Å²) in [7, 11) is 2.19. The van der Waals surface area contributed by atoms with Crippen molar-refractivity contribution < 1.29 is 0 Å². The van der Waals surface area contributed by atoms with Crippen LogP contribution in [-0.2, 0) is 0 Å². The fourth-order valence-electron chi connectivity index (χ4n) is 1.79. The van der Waals surface area contributed by atoms with Crippen molar-refractivity contribution in [3.05, 3.63) is 0 Å². The van der Waals surface area contributed by atoms with Gasteiger partial charge >= 0.3 is 0 Å². The molecule has 58 valence electrons. The van der Waals surface area contributed by atoms with Crippen LogP contribution in [-0.4, -0.2) is 55.7 Å². The molecular weight excluding hydrogens is 126 g/mol. The van der Waals surface area contributed by atoms with Gasteiger partial charge in [0.1, 0.15) is 0 Å². The Balaban J connectivity index is 1.96. The molecule has 3 nitrogen and oxygen atoms in total. The van der Waals surface area contributed by atoms with E-state index in [2.05, 4.69) is 22.2 Å². The molecular formula is C7H15N3. The molecule has 1 unspecified atom stereocenters. The smallest absolute Gasteiger partial charge is 0.0729 e. The lowest BCUT2D eigenvalue weighted by atomic mass is 10.3. The van der Waals surface area contributed by atoms with E-state index >= 15 is 0 Å². The van der Waals surface area contributed by atoms with Gasteiger partial charge in [-0.05, 0) is 7.05 Å². The molecule has 3 heteroatoms. The highest BCUT2D eigenvalue weighted by atomic mass is 15.4. The molecule has 2 aliphatic heterocycles. The van der Waals surface area contributed by atoms with E-state index in [9.17, 15) is 0 Å². The third kappa shape index (κ3) is 1.05. The summed E-state index contributed by atoms with van der Waals surface area (Å²) in [5, 5.41) is 3.47. The molecule has 0 saturated carbocycles. The van der Waals surface area contributed by atoms with Gasteiger partial charge in [0.2, 0.25) is 0 Å². The zero-order chi connectivity index (χ0) is 6.97. The third-order valence-electron chi connectivity index (χ3n) is 2.47. The second-order valence-electron chi connectivity index (χ2n) is 3.27. The van der Waals surface area contributed by atoms with Crippen molar-refractivity contribution in [1.29, 1.82) is 0 Å². The largest absolute Gasteiger partial charge is 0.302 e. The maximum atomic E-state index is 3.47. The summed E-state index contributed by atoms with van der Waals surface area (Å²) in [4.78, 5) is 4.92. The summed E-state index contributed by atoms with van der Waals surface area (Å²) in [6.07, 6.45) is 0.652. The van der Waals surface area contributed by atoms with Crippen molar-refractivity contribution in [3.63, 3.8) is 0 Å². The van der Waals surface area contributed by atoms with Crippen molar-refractivity contribution in [3.8, 4) is 0 Å². The van der Waals surface area contributed by atoms with Crippen LogP contribution in [0.25, 0.3) is 0 Å². The zero-order valence-electron chi connectivity index (χ0n) is 6.51. The average Bonchev–Trinajstić information content (AvgIpc) is 2.33. The van der Waals surface area contributed by atoms with Crippen LogP contribution in [0, 0.1) is 0 Å². The normalized spacial score (nSPS) is 36.3. The molecule has 1 atom stereocenters. The highest BCUT2D eigenvalue weighted by molar-refractivity contribution is 4.84.